The molecule has 78 valence electrons. The fraction of sp³-hybridized carbons (Fsp3) is 0.250. The molecule has 1 heterocycles. The first-order chi connectivity index (χ1) is 7.31. The fourth-order valence-electron chi connectivity index (χ4n) is 1.27. The van der Waals surface area contributed by atoms with E-state index < -0.39 is 0 Å². The van der Waals surface area contributed by atoms with E-state index in [1.165, 1.54) is 0 Å². The zero-order valence-corrected chi connectivity index (χ0v) is 8.97. The Morgan fingerprint density at radius 2 is 2.27 bits per heavy atom. The van der Waals surface area contributed by atoms with Crippen LogP contribution in [0.5, 0.6) is 0 Å². The number of nitroso groups, excluding NO2 is 1. The number of hydrogen-bond donors (Lipinski definition) is 0. The van der Waals surface area contributed by atoms with Gasteiger partial charge in [0.25, 0.3) is 0 Å². The lowest BCUT2D eigenvalue weighted by Crippen LogP contribution is -1.89. The summed E-state index contributed by atoms with van der Waals surface area (Å²) in [7, 11) is 0. The molecule has 0 radical (unpaired) electrons. The second kappa shape index (κ2) is 5.86. The lowest BCUT2D eigenvalue weighted by molar-refractivity contribution is 1.03. The fourth-order valence-corrected chi connectivity index (χ4v) is 1.27. The van der Waals surface area contributed by atoms with E-state index in [0.717, 1.165) is 16.8 Å². The molecule has 0 saturated carbocycles. The van der Waals surface area contributed by atoms with Gasteiger partial charge in [0, 0.05) is 6.20 Å². The van der Waals surface area contributed by atoms with Crippen molar-refractivity contribution in [1.82, 2.24) is 4.98 Å². The minimum Gasteiger partial charge on any atom is -0.256 e. The molecule has 0 aliphatic carbocycles. The molecule has 0 N–H and O–H groups in total. The monoisotopic (exact) mass is 202 g/mol. The first kappa shape index (κ1) is 11.3. The van der Waals surface area contributed by atoms with E-state index in [4.69, 9.17) is 0 Å². The van der Waals surface area contributed by atoms with Crippen LogP contribution in [0.3, 0.4) is 0 Å². The predicted molar refractivity (Wildman–Crippen MR) is 62.2 cm³/mol. The Morgan fingerprint density at radius 1 is 1.47 bits per heavy atom. The molecule has 0 aromatic carbocycles. The summed E-state index contributed by atoms with van der Waals surface area (Å²) in [5.41, 5.74) is 2.82. The summed E-state index contributed by atoms with van der Waals surface area (Å²) >= 11 is 0. The zero-order valence-electron chi connectivity index (χ0n) is 8.97. The number of hydrogen-bond acceptors (Lipinski definition) is 3. The van der Waals surface area contributed by atoms with Crippen LogP contribution in [-0.2, 0) is 6.54 Å². The van der Waals surface area contributed by atoms with Crippen LogP contribution in [0.2, 0.25) is 0 Å². The predicted octanol–water partition coefficient (Wildman–Crippen LogP) is 3.33. The van der Waals surface area contributed by atoms with E-state index in [2.05, 4.69) is 10.2 Å². The number of pyridine rings is 1. The first-order valence-corrected chi connectivity index (χ1v) is 4.85. The highest BCUT2D eigenvalue weighted by Gasteiger charge is 1.98. The Bertz CT molecular complexity index is 377. The van der Waals surface area contributed by atoms with Crippen LogP contribution in [0.4, 0.5) is 0 Å². The number of aromatic nitrogens is 1. The third-order valence-corrected chi connectivity index (χ3v) is 2.02. The third kappa shape index (κ3) is 3.13. The SMILES string of the molecule is C/C=C\C(=C/C)c1ccc(CN=O)cn1. The summed E-state index contributed by atoms with van der Waals surface area (Å²) in [5.74, 6) is 0. The Balaban J connectivity index is 2.92. The Labute approximate surface area is 89.5 Å². The molecule has 1 rings (SSSR count). The van der Waals surface area contributed by atoms with Gasteiger partial charge in [-0.05, 0) is 31.1 Å². The van der Waals surface area contributed by atoms with Gasteiger partial charge in [-0.15, -0.1) is 0 Å². The maximum Gasteiger partial charge on any atom is 0.108 e. The van der Waals surface area contributed by atoms with Crippen molar-refractivity contribution in [3.8, 4) is 0 Å². The van der Waals surface area contributed by atoms with Crippen LogP contribution < -0.4 is 0 Å². The van der Waals surface area contributed by atoms with E-state index in [0.29, 0.717) is 0 Å². The molecule has 0 amide bonds. The highest BCUT2D eigenvalue weighted by atomic mass is 16.3. The van der Waals surface area contributed by atoms with Crippen LogP contribution in [0.1, 0.15) is 25.1 Å². The second-order valence-electron chi connectivity index (χ2n) is 3.08. The summed E-state index contributed by atoms with van der Waals surface area (Å²) in [6.45, 7) is 4.12. The average molecular weight is 202 g/mol. The molecule has 0 fully saturated rings. The first-order valence-electron chi connectivity index (χ1n) is 4.85. The van der Waals surface area contributed by atoms with Crippen molar-refractivity contribution in [3.05, 3.63) is 52.7 Å². The van der Waals surface area contributed by atoms with Crippen molar-refractivity contribution < 1.29 is 0 Å². The molecule has 0 unspecified atom stereocenters. The Morgan fingerprint density at radius 3 is 2.73 bits per heavy atom. The van der Waals surface area contributed by atoms with Crippen LogP contribution in [-0.4, -0.2) is 4.98 Å². The lowest BCUT2D eigenvalue weighted by Gasteiger charge is -2.01. The van der Waals surface area contributed by atoms with Crippen molar-refractivity contribution in [3.63, 3.8) is 0 Å². The zero-order chi connectivity index (χ0) is 11.1. The van der Waals surface area contributed by atoms with Gasteiger partial charge in [0.05, 0.1) is 5.69 Å². The van der Waals surface area contributed by atoms with Gasteiger partial charge in [-0.2, -0.15) is 4.91 Å². The van der Waals surface area contributed by atoms with Gasteiger partial charge in [-0.3, -0.25) is 4.98 Å². The standard InChI is InChI=1S/C12H14N2O/c1-3-5-11(4-2)12-7-6-10(8-13-12)9-14-15/h3-8H,9H2,1-2H3/b5-3-,11-4+. The number of allylic oxidation sites excluding steroid dienone is 4. The molecule has 15 heavy (non-hydrogen) atoms. The molecule has 0 atom stereocenters. The molecule has 0 saturated heterocycles. The summed E-state index contributed by atoms with van der Waals surface area (Å²) in [6, 6.07) is 3.77. The van der Waals surface area contributed by atoms with Crippen molar-refractivity contribution in [1.29, 1.82) is 0 Å². The van der Waals surface area contributed by atoms with Crippen molar-refractivity contribution in [2.45, 2.75) is 20.4 Å². The molecule has 0 aliphatic heterocycles. The molecule has 1 aromatic heterocycles. The summed E-state index contributed by atoms with van der Waals surface area (Å²) < 4.78 is 0. The highest BCUT2D eigenvalue weighted by molar-refractivity contribution is 5.71. The normalized spacial score (nSPS) is 12.0. The molecular formula is C12H14N2O. The quantitative estimate of drug-likeness (QED) is 0.555. The van der Waals surface area contributed by atoms with Crippen LogP contribution in [0.15, 0.2) is 41.7 Å². The molecule has 1 aromatic rings. The van der Waals surface area contributed by atoms with E-state index in [1.807, 2.05) is 44.2 Å². The van der Waals surface area contributed by atoms with E-state index in [-0.39, 0.29) is 6.54 Å². The Hall–Kier alpha value is -1.77. The third-order valence-electron chi connectivity index (χ3n) is 2.02. The molecule has 0 aliphatic rings. The molecular weight excluding hydrogens is 188 g/mol. The summed E-state index contributed by atoms with van der Waals surface area (Å²) in [4.78, 5) is 14.3. The Kier molecular flexibility index (Phi) is 4.41. The lowest BCUT2D eigenvalue weighted by atomic mass is 10.1. The van der Waals surface area contributed by atoms with E-state index in [9.17, 15) is 4.91 Å². The van der Waals surface area contributed by atoms with Crippen LogP contribution in [0.25, 0.3) is 5.57 Å². The van der Waals surface area contributed by atoms with Crippen LogP contribution >= 0.6 is 0 Å². The highest BCUT2D eigenvalue weighted by Crippen LogP contribution is 2.13. The second-order valence-corrected chi connectivity index (χ2v) is 3.08. The summed E-state index contributed by atoms with van der Waals surface area (Å²) in [6.07, 6.45) is 7.65. The van der Waals surface area contributed by atoms with Gasteiger partial charge in [0.15, 0.2) is 0 Å². The number of rotatable bonds is 4. The maximum absolute atomic E-state index is 10.1. The average Bonchev–Trinajstić information content (AvgIpc) is 2.28. The van der Waals surface area contributed by atoms with E-state index >= 15 is 0 Å². The van der Waals surface area contributed by atoms with Gasteiger partial charge in [0.2, 0.25) is 0 Å². The van der Waals surface area contributed by atoms with Gasteiger partial charge < -0.3 is 0 Å². The molecule has 0 spiro atoms. The van der Waals surface area contributed by atoms with Gasteiger partial charge >= 0.3 is 0 Å². The van der Waals surface area contributed by atoms with Gasteiger partial charge in [0.1, 0.15) is 6.54 Å². The minimum absolute atomic E-state index is 0.183. The van der Waals surface area contributed by atoms with Crippen LogP contribution in [0, 0.1) is 4.91 Å². The number of nitrogens with zero attached hydrogens (tertiary/aromatic N) is 2. The maximum atomic E-state index is 10.1. The van der Waals surface area contributed by atoms with Crippen molar-refractivity contribution in [2.75, 3.05) is 0 Å². The molecule has 0 bridgehead atoms. The van der Waals surface area contributed by atoms with Gasteiger partial charge in [-0.1, -0.05) is 29.5 Å². The topological polar surface area (TPSA) is 42.3 Å². The van der Waals surface area contributed by atoms with Gasteiger partial charge in [-0.25, -0.2) is 0 Å². The smallest absolute Gasteiger partial charge is 0.108 e. The minimum atomic E-state index is 0.183. The molecule has 3 heteroatoms. The molecule has 3 nitrogen and oxygen atoms in total. The summed E-state index contributed by atoms with van der Waals surface area (Å²) in [5, 5.41) is 2.82. The van der Waals surface area contributed by atoms with Crippen molar-refractivity contribution in [2.24, 2.45) is 5.18 Å². The van der Waals surface area contributed by atoms with E-state index in [1.54, 1.807) is 6.20 Å². The van der Waals surface area contributed by atoms with Crippen molar-refractivity contribution >= 4 is 5.57 Å². The largest absolute Gasteiger partial charge is 0.256 e.